The first-order valence-corrected chi connectivity index (χ1v) is 5.15. The van der Waals surface area contributed by atoms with E-state index in [0.29, 0.717) is 0 Å². The van der Waals surface area contributed by atoms with Crippen LogP contribution in [0.15, 0.2) is 48.1 Å². The summed E-state index contributed by atoms with van der Waals surface area (Å²) in [6, 6.07) is 10.5. The van der Waals surface area contributed by atoms with E-state index in [9.17, 15) is 0 Å². The van der Waals surface area contributed by atoms with Gasteiger partial charge in [0.05, 0.1) is 0 Å². The zero-order chi connectivity index (χ0) is 10.4. The average Bonchev–Trinajstić information content (AvgIpc) is 2.19. The van der Waals surface area contributed by atoms with E-state index >= 15 is 0 Å². The SMILES string of the molecule is CC/C=C\C(=C(C)C)c1ccccc1. The largest absolute Gasteiger partial charge is 0.0842 e. The molecule has 0 aliphatic heterocycles. The zero-order valence-corrected chi connectivity index (χ0v) is 9.25. The van der Waals surface area contributed by atoms with Gasteiger partial charge in [0.1, 0.15) is 0 Å². The lowest BCUT2D eigenvalue weighted by Crippen LogP contribution is -1.82. The van der Waals surface area contributed by atoms with Crippen molar-refractivity contribution in [2.24, 2.45) is 0 Å². The molecule has 0 atom stereocenters. The molecule has 0 amide bonds. The molecule has 0 spiro atoms. The fourth-order valence-electron chi connectivity index (χ4n) is 1.40. The summed E-state index contributed by atoms with van der Waals surface area (Å²) < 4.78 is 0. The van der Waals surface area contributed by atoms with Gasteiger partial charge in [0, 0.05) is 0 Å². The van der Waals surface area contributed by atoms with Gasteiger partial charge in [-0.1, -0.05) is 55.0 Å². The molecule has 1 aromatic carbocycles. The minimum Gasteiger partial charge on any atom is -0.0842 e. The molecule has 0 radical (unpaired) electrons. The van der Waals surface area contributed by atoms with Crippen molar-refractivity contribution < 1.29 is 0 Å². The van der Waals surface area contributed by atoms with Crippen molar-refractivity contribution in [1.29, 1.82) is 0 Å². The van der Waals surface area contributed by atoms with Crippen LogP contribution in [-0.2, 0) is 0 Å². The van der Waals surface area contributed by atoms with Crippen molar-refractivity contribution in [3.63, 3.8) is 0 Å². The lowest BCUT2D eigenvalue weighted by Gasteiger charge is -2.04. The Hall–Kier alpha value is -1.30. The molecule has 0 heteroatoms. The Bertz CT molecular complexity index is 324. The summed E-state index contributed by atoms with van der Waals surface area (Å²) in [5.41, 5.74) is 4.01. The number of benzene rings is 1. The standard InChI is InChI=1S/C14H18/c1-4-5-11-14(12(2)3)13-9-7-6-8-10-13/h5-11H,4H2,1-3H3/b11-5-. The molecule has 0 aromatic heterocycles. The Morgan fingerprint density at radius 1 is 1.14 bits per heavy atom. The fraction of sp³-hybridized carbons (Fsp3) is 0.286. The van der Waals surface area contributed by atoms with Gasteiger partial charge >= 0.3 is 0 Å². The van der Waals surface area contributed by atoms with Gasteiger partial charge in [0.2, 0.25) is 0 Å². The van der Waals surface area contributed by atoms with Crippen LogP contribution in [0.4, 0.5) is 0 Å². The summed E-state index contributed by atoms with van der Waals surface area (Å²) in [5, 5.41) is 0. The van der Waals surface area contributed by atoms with E-state index < -0.39 is 0 Å². The smallest absolute Gasteiger partial charge is 0.0185 e. The first-order chi connectivity index (χ1) is 6.75. The second-order valence-electron chi connectivity index (χ2n) is 3.59. The van der Waals surface area contributed by atoms with Crippen LogP contribution < -0.4 is 0 Å². The van der Waals surface area contributed by atoms with Gasteiger partial charge in [-0.15, -0.1) is 0 Å². The molecule has 0 saturated heterocycles. The Kier molecular flexibility index (Phi) is 4.18. The highest BCUT2D eigenvalue weighted by Crippen LogP contribution is 2.19. The highest BCUT2D eigenvalue weighted by atomic mass is 14.0. The lowest BCUT2D eigenvalue weighted by molar-refractivity contribution is 1.22. The summed E-state index contributed by atoms with van der Waals surface area (Å²) in [5.74, 6) is 0. The second kappa shape index (κ2) is 5.43. The van der Waals surface area contributed by atoms with Crippen LogP contribution in [0, 0.1) is 0 Å². The average molecular weight is 186 g/mol. The molecule has 1 aromatic rings. The van der Waals surface area contributed by atoms with Crippen molar-refractivity contribution in [2.75, 3.05) is 0 Å². The molecule has 14 heavy (non-hydrogen) atoms. The van der Waals surface area contributed by atoms with E-state index in [1.54, 1.807) is 0 Å². The van der Waals surface area contributed by atoms with Crippen LogP contribution in [0.3, 0.4) is 0 Å². The fourth-order valence-corrected chi connectivity index (χ4v) is 1.40. The number of rotatable bonds is 3. The Balaban J connectivity index is 3.03. The third-order valence-electron chi connectivity index (χ3n) is 2.14. The molecule has 0 unspecified atom stereocenters. The third kappa shape index (κ3) is 2.88. The Morgan fingerprint density at radius 3 is 2.29 bits per heavy atom. The van der Waals surface area contributed by atoms with Gasteiger partial charge in [0.25, 0.3) is 0 Å². The summed E-state index contributed by atoms with van der Waals surface area (Å²) in [6.07, 6.45) is 5.50. The van der Waals surface area contributed by atoms with Gasteiger partial charge in [-0.05, 0) is 31.4 Å². The maximum atomic E-state index is 2.21. The molecule has 0 nitrogen and oxygen atoms in total. The van der Waals surface area contributed by atoms with Crippen molar-refractivity contribution in [3.8, 4) is 0 Å². The minimum atomic E-state index is 1.09. The van der Waals surface area contributed by atoms with Gasteiger partial charge < -0.3 is 0 Å². The molecule has 0 bridgehead atoms. The van der Waals surface area contributed by atoms with Crippen molar-refractivity contribution in [3.05, 3.63) is 53.6 Å². The van der Waals surface area contributed by atoms with E-state index in [2.05, 4.69) is 63.3 Å². The molecule has 0 heterocycles. The molecule has 0 aliphatic carbocycles. The molecule has 0 aliphatic rings. The van der Waals surface area contributed by atoms with Crippen LogP contribution in [0.1, 0.15) is 32.8 Å². The van der Waals surface area contributed by atoms with Crippen molar-refractivity contribution in [2.45, 2.75) is 27.2 Å². The monoisotopic (exact) mass is 186 g/mol. The van der Waals surface area contributed by atoms with E-state index in [0.717, 1.165) is 6.42 Å². The first-order valence-electron chi connectivity index (χ1n) is 5.15. The molecular weight excluding hydrogens is 168 g/mol. The highest BCUT2D eigenvalue weighted by molar-refractivity contribution is 5.75. The van der Waals surface area contributed by atoms with Crippen LogP contribution in [0.2, 0.25) is 0 Å². The van der Waals surface area contributed by atoms with Gasteiger partial charge in [-0.25, -0.2) is 0 Å². The van der Waals surface area contributed by atoms with Gasteiger partial charge in [-0.2, -0.15) is 0 Å². The molecule has 74 valence electrons. The van der Waals surface area contributed by atoms with Gasteiger partial charge in [-0.3, -0.25) is 0 Å². The number of hydrogen-bond acceptors (Lipinski definition) is 0. The first kappa shape index (κ1) is 10.8. The quantitative estimate of drug-likeness (QED) is 0.612. The predicted octanol–water partition coefficient (Wildman–Crippen LogP) is 4.45. The molecule has 0 saturated carbocycles. The van der Waals surface area contributed by atoms with Gasteiger partial charge in [0.15, 0.2) is 0 Å². The predicted molar refractivity (Wildman–Crippen MR) is 64.1 cm³/mol. The summed E-state index contributed by atoms with van der Waals surface area (Å²) in [7, 11) is 0. The topological polar surface area (TPSA) is 0 Å². The third-order valence-corrected chi connectivity index (χ3v) is 2.14. The molecule has 1 rings (SSSR count). The minimum absolute atomic E-state index is 1.09. The summed E-state index contributed by atoms with van der Waals surface area (Å²) in [4.78, 5) is 0. The van der Waals surface area contributed by atoms with Crippen LogP contribution in [0.25, 0.3) is 5.57 Å². The molecule has 0 fully saturated rings. The van der Waals surface area contributed by atoms with E-state index in [1.807, 2.05) is 0 Å². The van der Waals surface area contributed by atoms with Crippen LogP contribution in [0.5, 0.6) is 0 Å². The van der Waals surface area contributed by atoms with E-state index in [-0.39, 0.29) is 0 Å². The summed E-state index contributed by atoms with van der Waals surface area (Å²) in [6.45, 7) is 6.47. The maximum absolute atomic E-state index is 2.21. The molecular formula is C14H18. The highest BCUT2D eigenvalue weighted by Gasteiger charge is 1.97. The Labute approximate surface area is 87.0 Å². The lowest BCUT2D eigenvalue weighted by atomic mass is 10.0. The normalized spacial score (nSPS) is 10.5. The summed E-state index contributed by atoms with van der Waals surface area (Å²) >= 11 is 0. The van der Waals surface area contributed by atoms with Crippen LogP contribution >= 0.6 is 0 Å². The maximum Gasteiger partial charge on any atom is -0.0185 e. The van der Waals surface area contributed by atoms with Crippen molar-refractivity contribution >= 4 is 5.57 Å². The van der Waals surface area contributed by atoms with Crippen molar-refractivity contribution in [1.82, 2.24) is 0 Å². The zero-order valence-electron chi connectivity index (χ0n) is 9.25. The number of allylic oxidation sites excluding steroid dienone is 4. The van der Waals surface area contributed by atoms with E-state index in [1.165, 1.54) is 16.7 Å². The Morgan fingerprint density at radius 2 is 1.79 bits per heavy atom. The van der Waals surface area contributed by atoms with Crippen LogP contribution in [-0.4, -0.2) is 0 Å². The second-order valence-corrected chi connectivity index (χ2v) is 3.59. The van der Waals surface area contributed by atoms with E-state index in [4.69, 9.17) is 0 Å². The molecule has 0 N–H and O–H groups in total. The number of hydrogen-bond donors (Lipinski definition) is 0.